The van der Waals surface area contributed by atoms with Crippen LogP contribution in [0.25, 0.3) is 0 Å². The Bertz CT molecular complexity index is 826. The Hall–Kier alpha value is -2.77. The number of amides is 2. The van der Waals surface area contributed by atoms with Crippen molar-refractivity contribution in [2.24, 2.45) is 0 Å². The molecule has 0 radical (unpaired) electrons. The van der Waals surface area contributed by atoms with Gasteiger partial charge in [-0.1, -0.05) is 0 Å². The number of hydrogen-bond donors (Lipinski definition) is 1. The van der Waals surface area contributed by atoms with Gasteiger partial charge in [0, 0.05) is 44.5 Å². The first kappa shape index (κ1) is 18.0. The molecule has 3 rings (SSSR count). The molecule has 0 unspecified atom stereocenters. The first-order chi connectivity index (χ1) is 12.2. The van der Waals surface area contributed by atoms with Crippen LogP contribution < -0.4 is 5.32 Å². The van der Waals surface area contributed by atoms with Crippen LogP contribution in [0.3, 0.4) is 0 Å². The lowest BCUT2D eigenvalue weighted by atomic mass is 9.82. The Morgan fingerprint density at radius 1 is 1.23 bits per heavy atom. The predicted octanol–water partition coefficient (Wildman–Crippen LogP) is 2.16. The van der Waals surface area contributed by atoms with Crippen molar-refractivity contribution >= 4 is 23.5 Å². The standard InChI is InChI=1S/C18H18F2N2O4/c1-10-15(16(24)21-14-4-3-12(19)9-13(14)20)18(26-17(10)25)5-7-22(8-6-18)11(2)23/h3-4,9H,5-8H2,1-2H3,(H,21,24). The molecular formula is C18H18F2N2O4. The number of likely N-dealkylation sites (tertiary alicyclic amines) is 1. The third kappa shape index (κ3) is 3.07. The van der Waals surface area contributed by atoms with Gasteiger partial charge in [-0.15, -0.1) is 0 Å². The van der Waals surface area contributed by atoms with Gasteiger partial charge in [0.05, 0.1) is 11.3 Å². The van der Waals surface area contributed by atoms with E-state index in [1.165, 1.54) is 13.8 Å². The van der Waals surface area contributed by atoms with Crippen LogP contribution in [0.15, 0.2) is 29.3 Å². The summed E-state index contributed by atoms with van der Waals surface area (Å²) in [6, 6.07) is 2.80. The zero-order valence-electron chi connectivity index (χ0n) is 14.4. The fourth-order valence-corrected chi connectivity index (χ4v) is 3.44. The number of nitrogens with one attached hydrogen (secondary N) is 1. The number of benzene rings is 1. The van der Waals surface area contributed by atoms with Crippen molar-refractivity contribution in [1.29, 1.82) is 0 Å². The van der Waals surface area contributed by atoms with Crippen molar-refractivity contribution in [3.63, 3.8) is 0 Å². The lowest BCUT2D eigenvalue weighted by Crippen LogP contribution is -2.49. The van der Waals surface area contributed by atoms with E-state index in [1.807, 2.05) is 0 Å². The van der Waals surface area contributed by atoms with E-state index in [1.54, 1.807) is 4.90 Å². The maximum atomic E-state index is 13.8. The van der Waals surface area contributed by atoms with E-state index < -0.39 is 29.1 Å². The molecule has 6 nitrogen and oxygen atoms in total. The summed E-state index contributed by atoms with van der Waals surface area (Å²) in [5.74, 6) is -3.05. The average molecular weight is 364 g/mol. The van der Waals surface area contributed by atoms with E-state index in [2.05, 4.69) is 5.32 Å². The topological polar surface area (TPSA) is 75.7 Å². The van der Waals surface area contributed by atoms with E-state index in [9.17, 15) is 23.2 Å². The molecule has 2 aliphatic rings. The first-order valence-electron chi connectivity index (χ1n) is 8.20. The second-order valence-electron chi connectivity index (χ2n) is 6.47. The van der Waals surface area contributed by atoms with E-state index >= 15 is 0 Å². The smallest absolute Gasteiger partial charge is 0.335 e. The molecule has 2 amide bonds. The highest BCUT2D eigenvalue weighted by molar-refractivity contribution is 6.12. The van der Waals surface area contributed by atoms with Gasteiger partial charge in [-0.05, 0) is 19.1 Å². The number of carbonyl (C=O) groups is 3. The minimum atomic E-state index is -1.13. The summed E-state index contributed by atoms with van der Waals surface area (Å²) in [6.07, 6.45) is 0.564. The molecule has 0 aliphatic carbocycles. The van der Waals surface area contributed by atoms with Crippen LogP contribution in [-0.2, 0) is 19.1 Å². The van der Waals surface area contributed by atoms with Gasteiger partial charge in [0.25, 0.3) is 5.91 Å². The summed E-state index contributed by atoms with van der Waals surface area (Å²) in [4.78, 5) is 38.0. The minimum Gasteiger partial charge on any atom is -0.450 e. The van der Waals surface area contributed by atoms with Crippen LogP contribution in [0.2, 0.25) is 0 Å². The van der Waals surface area contributed by atoms with Gasteiger partial charge < -0.3 is 15.0 Å². The highest BCUT2D eigenvalue weighted by Crippen LogP contribution is 2.41. The molecule has 1 N–H and O–H groups in total. The molecule has 2 heterocycles. The molecule has 0 saturated carbocycles. The molecule has 0 aromatic heterocycles. The van der Waals surface area contributed by atoms with Gasteiger partial charge in [0.2, 0.25) is 5.91 Å². The Morgan fingerprint density at radius 3 is 2.46 bits per heavy atom. The monoisotopic (exact) mass is 364 g/mol. The van der Waals surface area contributed by atoms with Crippen molar-refractivity contribution in [2.45, 2.75) is 32.3 Å². The van der Waals surface area contributed by atoms with Crippen molar-refractivity contribution in [3.05, 3.63) is 41.0 Å². The van der Waals surface area contributed by atoms with Crippen molar-refractivity contribution in [2.75, 3.05) is 18.4 Å². The molecule has 2 aliphatic heterocycles. The number of anilines is 1. The highest BCUT2D eigenvalue weighted by atomic mass is 19.1. The molecule has 138 valence electrons. The molecule has 1 saturated heterocycles. The second kappa shape index (κ2) is 6.51. The van der Waals surface area contributed by atoms with Crippen molar-refractivity contribution < 1.29 is 27.9 Å². The summed E-state index contributed by atoms with van der Waals surface area (Å²) < 4.78 is 32.3. The molecule has 8 heteroatoms. The number of esters is 1. The van der Waals surface area contributed by atoms with Gasteiger partial charge in [-0.3, -0.25) is 9.59 Å². The Labute approximate surface area is 148 Å². The second-order valence-corrected chi connectivity index (χ2v) is 6.47. The SMILES string of the molecule is CC(=O)N1CCC2(CC1)OC(=O)C(C)=C2C(=O)Nc1ccc(F)cc1F. The molecule has 0 atom stereocenters. The molecule has 1 spiro atoms. The van der Waals surface area contributed by atoms with Gasteiger partial charge in [-0.2, -0.15) is 0 Å². The van der Waals surface area contributed by atoms with Crippen LogP contribution in [0.5, 0.6) is 0 Å². The molecule has 26 heavy (non-hydrogen) atoms. The summed E-state index contributed by atoms with van der Waals surface area (Å²) in [5, 5.41) is 2.38. The third-order valence-electron chi connectivity index (χ3n) is 4.85. The molecule has 1 fully saturated rings. The Morgan fingerprint density at radius 2 is 1.88 bits per heavy atom. The highest BCUT2D eigenvalue weighted by Gasteiger charge is 2.51. The first-order valence-corrected chi connectivity index (χ1v) is 8.20. The number of piperidine rings is 1. The van der Waals surface area contributed by atoms with Crippen LogP contribution in [0, 0.1) is 11.6 Å². The molecule has 1 aromatic carbocycles. The Kier molecular flexibility index (Phi) is 4.52. The summed E-state index contributed by atoms with van der Waals surface area (Å²) in [7, 11) is 0. The number of halogens is 2. The number of ether oxygens (including phenoxy) is 1. The van der Waals surface area contributed by atoms with Crippen molar-refractivity contribution in [3.8, 4) is 0 Å². The van der Waals surface area contributed by atoms with Crippen LogP contribution in [0.4, 0.5) is 14.5 Å². The average Bonchev–Trinajstić information content (AvgIpc) is 2.81. The lowest BCUT2D eigenvalue weighted by molar-refractivity contribution is -0.152. The zero-order valence-corrected chi connectivity index (χ0v) is 14.4. The molecule has 1 aromatic rings. The van der Waals surface area contributed by atoms with E-state index in [0.29, 0.717) is 19.2 Å². The molecule has 0 bridgehead atoms. The molecular weight excluding hydrogens is 346 g/mol. The number of nitrogens with zero attached hydrogens (tertiary/aromatic N) is 1. The van der Waals surface area contributed by atoms with Crippen LogP contribution in [0.1, 0.15) is 26.7 Å². The summed E-state index contributed by atoms with van der Waals surface area (Å²) in [6.45, 7) is 3.62. The van der Waals surface area contributed by atoms with Gasteiger partial charge in [0.1, 0.15) is 17.2 Å². The number of carbonyl (C=O) groups excluding carboxylic acids is 3. The van der Waals surface area contributed by atoms with E-state index in [4.69, 9.17) is 4.74 Å². The maximum absolute atomic E-state index is 13.8. The fourth-order valence-electron chi connectivity index (χ4n) is 3.44. The third-order valence-corrected chi connectivity index (χ3v) is 4.85. The largest absolute Gasteiger partial charge is 0.450 e. The van der Waals surface area contributed by atoms with E-state index in [-0.39, 0.29) is 35.6 Å². The quantitative estimate of drug-likeness (QED) is 0.816. The lowest BCUT2D eigenvalue weighted by Gasteiger charge is -2.39. The maximum Gasteiger partial charge on any atom is 0.335 e. The Balaban J connectivity index is 1.87. The number of hydrogen-bond acceptors (Lipinski definition) is 4. The predicted molar refractivity (Wildman–Crippen MR) is 88.0 cm³/mol. The minimum absolute atomic E-state index is 0.0933. The van der Waals surface area contributed by atoms with Crippen molar-refractivity contribution in [1.82, 2.24) is 4.90 Å². The van der Waals surface area contributed by atoms with Gasteiger partial charge in [0.15, 0.2) is 0 Å². The van der Waals surface area contributed by atoms with Gasteiger partial charge >= 0.3 is 5.97 Å². The fraction of sp³-hybridized carbons (Fsp3) is 0.389. The van der Waals surface area contributed by atoms with Crippen LogP contribution in [-0.4, -0.2) is 41.4 Å². The van der Waals surface area contributed by atoms with E-state index in [0.717, 1.165) is 12.1 Å². The zero-order chi connectivity index (χ0) is 19.1. The van der Waals surface area contributed by atoms with Crippen LogP contribution >= 0.6 is 0 Å². The normalized spacial score (nSPS) is 18.9. The number of rotatable bonds is 2. The van der Waals surface area contributed by atoms with Gasteiger partial charge in [-0.25, -0.2) is 13.6 Å². The summed E-state index contributed by atoms with van der Waals surface area (Å²) in [5.41, 5.74) is -1.03. The summed E-state index contributed by atoms with van der Waals surface area (Å²) >= 11 is 0.